The van der Waals surface area contributed by atoms with E-state index in [0.29, 0.717) is 18.4 Å². The standard InChI is InChI=1S/C33H46O8/c1-5-6-10-24-11-8-7-9-20(2)28(34)16-15-26-22(14-17-29(35)40-24)12-13-23-18-25(19-27(23)26)41-33-32(38-4)31(37)30(36)21(3)39-33/h6,9-10,12-16,21,23-27,30-33,36-37H,5,7-8,11,17-19H2,1-4H3/b10-6+,16-15+,20-9-,22-14+/t21-,23+,24-,25+,26?,27+,30-,31+,32+,33-/m0/s1. The van der Waals surface area contributed by atoms with Gasteiger partial charge in [0.15, 0.2) is 12.1 Å². The van der Waals surface area contributed by atoms with Crippen molar-refractivity contribution in [1.82, 2.24) is 0 Å². The molecule has 0 bridgehead atoms. The maximum absolute atomic E-state index is 13.0. The van der Waals surface area contributed by atoms with E-state index in [1.165, 1.54) is 7.11 Å². The lowest BCUT2D eigenvalue weighted by Crippen LogP contribution is -2.58. The first-order valence-electron chi connectivity index (χ1n) is 15.0. The first-order chi connectivity index (χ1) is 19.7. The number of aliphatic hydroxyl groups is 2. The molecule has 2 N–H and O–H groups in total. The van der Waals surface area contributed by atoms with Crippen molar-refractivity contribution in [2.24, 2.45) is 17.8 Å². The fourth-order valence-electron chi connectivity index (χ4n) is 6.36. The minimum Gasteiger partial charge on any atom is -0.458 e. The fourth-order valence-corrected chi connectivity index (χ4v) is 6.36. The summed E-state index contributed by atoms with van der Waals surface area (Å²) in [5, 5.41) is 20.7. The van der Waals surface area contributed by atoms with Crippen LogP contribution in [0, 0.1) is 17.8 Å². The second kappa shape index (κ2) is 14.7. The van der Waals surface area contributed by atoms with Gasteiger partial charge in [-0.2, -0.15) is 0 Å². The number of allylic oxidation sites excluding steroid dienone is 8. The molecule has 0 aromatic heterocycles. The van der Waals surface area contributed by atoms with Crippen LogP contribution in [-0.4, -0.2) is 72.0 Å². The molecule has 2 aliphatic carbocycles. The largest absolute Gasteiger partial charge is 0.458 e. The van der Waals surface area contributed by atoms with E-state index >= 15 is 0 Å². The van der Waals surface area contributed by atoms with Crippen molar-refractivity contribution < 1.29 is 38.7 Å². The third kappa shape index (κ3) is 7.93. The number of fused-ring (bicyclic) bond motifs is 3. The van der Waals surface area contributed by atoms with Gasteiger partial charge in [-0.3, -0.25) is 9.59 Å². The summed E-state index contributed by atoms with van der Waals surface area (Å²) < 4.78 is 23.5. The van der Waals surface area contributed by atoms with Gasteiger partial charge in [0.1, 0.15) is 24.4 Å². The van der Waals surface area contributed by atoms with Crippen LogP contribution in [-0.2, 0) is 28.5 Å². The van der Waals surface area contributed by atoms with E-state index in [1.807, 2.05) is 44.2 Å². The molecular formula is C33H46O8. The Labute approximate surface area is 243 Å². The molecule has 41 heavy (non-hydrogen) atoms. The smallest absolute Gasteiger partial charge is 0.310 e. The van der Waals surface area contributed by atoms with Crippen LogP contribution in [0.2, 0.25) is 0 Å². The second-order valence-corrected chi connectivity index (χ2v) is 11.6. The highest BCUT2D eigenvalue weighted by Crippen LogP contribution is 2.47. The molecule has 0 radical (unpaired) electrons. The lowest BCUT2D eigenvalue weighted by atomic mass is 9.74. The fraction of sp³-hybridized carbons (Fsp3) is 0.636. The number of carbonyl (C=O) groups excluding carboxylic acids is 2. The molecule has 0 aromatic carbocycles. The zero-order valence-electron chi connectivity index (χ0n) is 24.7. The van der Waals surface area contributed by atoms with E-state index in [2.05, 4.69) is 12.2 Å². The Hall–Kier alpha value is -2.36. The van der Waals surface area contributed by atoms with Gasteiger partial charge in [0.25, 0.3) is 0 Å². The van der Waals surface area contributed by atoms with E-state index in [-0.39, 0.29) is 48.1 Å². The van der Waals surface area contributed by atoms with E-state index in [4.69, 9.17) is 18.9 Å². The van der Waals surface area contributed by atoms with Gasteiger partial charge in [-0.05, 0) is 87.5 Å². The number of aliphatic hydroxyl groups excluding tert-OH is 2. The van der Waals surface area contributed by atoms with Gasteiger partial charge >= 0.3 is 5.97 Å². The monoisotopic (exact) mass is 570 g/mol. The van der Waals surface area contributed by atoms with Crippen LogP contribution in [0.1, 0.15) is 65.7 Å². The molecule has 8 nitrogen and oxygen atoms in total. The van der Waals surface area contributed by atoms with Crippen LogP contribution in [0.4, 0.5) is 0 Å². The van der Waals surface area contributed by atoms with Crippen LogP contribution in [0.5, 0.6) is 0 Å². The average molecular weight is 571 g/mol. The third-order valence-electron chi connectivity index (χ3n) is 8.75. The van der Waals surface area contributed by atoms with E-state index in [1.54, 1.807) is 13.0 Å². The molecule has 1 saturated carbocycles. The maximum atomic E-state index is 13.0. The summed E-state index contributed by atoms with van der Waals surface area (Å²) in [6.07, 6.45) is 15.7. The molecule has 2 fully saturated rings. The minimum atomic E-state index is -1.11. The Morgan fingerprint density at radius 3 is 2.66 bits per heavy atom. The number of methoxy groups -OCH3 is 1. The van der Waals surface area contributed by atoms with Crippen LogP contribution in [0.25, 0.3) is 0 Å². The molecule has 4 rings (SSSR count). The van der Waals surface area contributed by atoms with Crippen LogP contribution >= 0.6 is 0 Å². The SMILES string of the molecule is CC/C=C/[C@H]1CCC/C=C(/C)C(=O)/C=C/C2/C(=C/CC(=O)O1)C=C[C@@H]1C[C@@H](O[C@@H]3O[C@@H](C)[C@H](O)[C@@H](O)[C@H]3OC)C[C@@H]21. The van der Waals surface area contributed by atoms with Crippen molar-refractivity contribution in [1.29, 1.82) is 0 Å². The zero-order chi connectivity index (χ0) is 29.5. The van der Waals surface area contributed by atoms with Gasteiger partial charge in [-0.25, -0.2) is 0 Å². The predicted molar refractivity (Wildman–Crippen MR) is 155 cm³/mol. The number of hydrogen-bond donors (Lipinski definition) is 2. The summed E-state index contributed by atoms with van der Waals surface area (Å²) in [6.45, 7) is 5.60. The van der Waals surface area contributed by atoms with Gasteiger partial charge in [-0.1, -0.05) is 43.4 Å². The predicted octanol–water partition coefficient (Wildman–Crippen LogP) is 4.52. The second-order valence-electron chi connectivity index (χ2n) is 11.6. The van der Waals surface area contributed by atoms with Gasteiger partial charge in [0, 0.05) is 13.0 Å². The molecule has 2 heterocycles. The first-order valence-corrected chi connectivity index (χ1v) is 15.0. The van der Waals surface area contributed by atoms with Gasteiger partial charge in [0.2, 0.25) is 0 Å². The highest BCUT2D eigenvalue weighted by atomic mass is 16.7. The summed E-state index contributed by atoms with van der Waals surface area (Å²) >= 11 is 0. The van der Waals surface area contributed by atoms with E-state index in [9.17, 15) is 19.8 Å². The summed E-state index contributed by atoms with van der Waals surface area (Å²) in [7, 11) is 1.47. The molecule has 0 amide bonds. The number of carbonyl (C=O) groups is 2. The van der Waals surface area contributed by atoms with Gasteiger partial charge in [0.05, 0.1) is 18.6 Å². The van der Waals surface area contributed by atoms with Crippen molar-refractivity contribution in [3.05, 3.63) is 59.8 Å². The zero-order valence-corrected chi connectivity index (χ0v) is 24.7. The molecule has 8 heteroatoms. The highest BCUT2D eigenvalue weighted by Gasteiger charge is 2.47. The topological polar surface area (TPSA) is 112 Å². The number of cyclic esters (lactones) is 1. The van der Waals surface area contributed by atoms with Crippen molar-refractivity contribution in [2.75, 3.05) is 7.11 Å². The summed E-state index contributed by atoms with van der Waals surface area (Å²) in [5.74, 6) is 0.0382. The lowest BCUT2D eigenvalue weighted by molar-refractivity contribution is -0.308. The lowest BCUT2D eigenvalue weighted by Gasteiger charge is -2.41. The Morgan fingerprint density at radius 1 is 1.10 bits per heavy atom. The summed E-state index contributed by atoms with van der Waals surface area (Å²) in [5.41, 5.74) is 1.70. The van der Waals surface area contributed by atoms with Crippen LogP contribution in [0.15, 0.2) is 59.8 Å². The van der Waals surface area contributed by atoms with Gasteiger partial charge < -0.3 is 29.2 Å². The van der Waals surface area contributed by atoms with Crippen molar-refractivity contribution in [2.45, 2.75) is 109 Å². The van der Waals surface area contributed by atoms with Crippen LogP contribution in [0.3, 0.4) is 0 Å². The van der Waals surface area contributed by atoms with Crippen LogP contribution < -0.4 is 0 Å². The number of ketones is 1. The third-order valence-corrected chi connectivity index (χ3v) is 8.75. The number of hydrogen-bond acceptors (Lipinski definition) is 8. The summed E-state index contributed by atoms with van der Waals surface area (Å²) in [4.78, 5) is 25.8. The molecule has 0 aromatic rings. The van der Waals surface area contributed by atoms with Crippen molar-refractivity contribution in [3.63, 3.8) is 0 Å². The number of rotatable bonds is 5. The van der Waals surface area contributed by atoms with Crippen molar-refractivity contribution >= 4 is 11.8 Å². The Bertz CT molecular complexity index is 1070. The molecule has 0 spiro atoms. The first kappa shape index (κ1) is 31.6. The summed E-state index contributed by atoms with van der Waals surface area (Å²) in [6, 6.07) is 0. The quantitative estimate of drug-likeness (QED) is 0.367. The molecule has 2 aliphatic heterocycles. The van der Waals surface area contributed by atoms with Crippen molar-refractivity contribution in [3.8, 4) is 0 Å². The highest BCUT2D eigenvalue weighted by molar-refractivity contribution is 6.03. The molecule has 4 aliphatic rings. The Morgan fingerprint density at radius 2 is 1.90 bits per heavy atom. The molecule has 226 valence electrons. The molecule has 10 atom stereocenters. The molecule has 1 saturated heterocycles. The molecule has 1 unspecified atom stereocenters. The van der Waals surface area contributed by atoms with E-state index in [0.717, 1.165) is 31.3 Å². The van der Waals surface area contributed by atoms with E-state index < -0.39 is 30.7 Å². The van der Waals surface area contributed by atoms with Gasteiger partial charge in [-0.15, -0.1) is 0 Å². The molecular weight excluding hydrogens is 524 g/mol. The normalized spacial score (nSPS) is 42.2. The minimum absolute atomic E-state index is 0.00838. The maximum Gasteiger partial charge on any atom is 0.310 e. The Balaban J connectivity index is 1.54. The number of esters is 1. The average Bonchev–Trinajstić information content (AvgIpc) is 3.36. The number of ether oxygens (including phenoxy) is 4. The Kier molecular flexibility index (Phi) is 11.3.